The van der Waals surface area contributed by atoms with Crippen molar-refractivity contribution in [1.29, 1.82) is 0 Å². The molecule has 21 heavy (non-hydrogen) atoms. The summed E-state index contributed by atoms with van der Waals surface area (Å²) in [7, 11) is 1.64. The van der Waals surface area contributed by atoms with Gasteiger partial charge in [0.15, 0.2) is 0 Å². The largest absolute Gasteiger partial charge is 0.497 e. The summed E-state index contributed by atoms with van der Waals surface area (Å²) in [4.78, 5) is 21.0. The second-order valence-electron chi connectivity index (χ2n) is 5.52. The Labute approximate surface area is 125 Å². The molecular formula is C16H21N3O2. The topological polar surface area (TPSA) is 45.1 Å². The number of nitrogens with zero attached hydrogens (tertiary/aromatic N) is 3. The number of likely N-dealkylation sites (tertiary alicyclic amines) is 1. The van der Waals surface area contributed by atoms with Gasteiger partial charge in [0.25, 0.3) is 5.91 Å². The maximum absolute atomic E-state index is 12.5. The average molecular weight is 287 g/mol. The third-order valence-corrected chi connectivity index (χ3v) is 4.06. The van der Waals surface area contributed by atoms with Gasteiger partial charge in [-0.15, -0.1) is 0 Å². The highest BCUT2D eigenvalue weighted by molar-refractivity contribution is 6.21. The van der Waals surface area contributed by atoms with Crippen molar-refractivity contribution in [1.82, 2.24) is 4.90 Å². The Morgan fingerprint density at radius 2 is 1.81 bits per heavy atom. The molecule has 0 bridgehead atoms. The number of hydrogen-bond donors (Lipinski definition) is 0. The summed E-state index contributed by atoms with van der Waals surface area (Å²) in [6.45, 7) is 3.81. The van der Waals surface area contributed by atoms with Crippen LogP contribution in [0.1, 0.15) is 26.2 Å². The van der Waals surface area contributed by atoms with Crippen molar-refractivity contribution in [2.75, 3.05) is 25.1 Å². The highest BCUT2D eigenvalue weighted by Gasteiger charge is 2.36. The van der Waals surface area contributed by atoms with E-state index in [2.05, 4.69) is 9.89 Å². The van der Waals surface area contributed by atoms with Gasteiger partial charge in [0.1, 0.15) is 11.8 Å². The molecule has 0 aromatic heterocycles. The first kappa shape index (κ1) is 13.9. The van der Waals surface area contributed by atoms with E-state index in [-0.39, 0.29) is 11.9 Å². The zero-order valence-electron chi connectivity index (χ0n) is 12.6. The number of ether oxygens (including phenoxy) is 1. The van der Waals surface area contributed by atoms with Crippen LogP contribution in [-0.2, 0) is 4.79 Å². The SMILES string of the molecule is COc1ccc(N2C(=O)C(C)N=C2N2CCCCC2)cc1. The highest BCUT2D eigenvalue weighted by atomic mass is 16.5. The van der Waals surface area contributed by atoms with Crippen LogP contribution in [0.3, 0.4) is 0 Å². The molecule has 1 aromatic rings. The van der Waals surface area contributed by atoms with E-state index < -0.39 is 0 Å². The molecule has 0 N–H and O–H groups in total. The van der Waals surface area contributed by atoms with Crippen LogP contribution in [0.2, 0.25) is 0 Å². The van der Waals surface area contributed by atoms with Gasteiger partial charge in [0.05, 0.1) is 12.8 Å². The summed E-state index contributed by atoms with van der Waals surface area (Å²) in [5.41, 5.74) is 0.856. The van der Waals surface area contributed by atoms with Crippen LogP contribution in [0.5, 0.6) is 5.75 Å². The number of guanidine groups is 1. The van der Waals surface area contributed by atoms with Crippen LogP contribution < -0.4 is 9.64 Å². The lowest BCUT2D eigenvalue weighted by Crippen LogP contribution is -2.46. The van der Waals surface area contributed by atoms with E-state index in [1.54, 1.807) is 12.0 Å². The molecule has 1 saturated heterocycles. The lowest BCUT2D eigenvalue weighted by atomic mass is 10.1. The predicted molar refractivity (Wildman–Crippen MR) is 82.8 cm³/mol. The monoisotopic (exact) mass is 287 g/mol. The first-order valence-electron chi connectivity index (χ1n) is 7.51. The molecule has 2 heterocycles. The summed E-state index contributed by atoms with van der Waals surface area (Å²) in [6.07, 6.45) is 3.59. The molecule has 1 aromatic carbocycles. The molecule has 1 amide bonds. The number of anilines is 1. The minimum atomic E-state index is -0.302. The zero-order valence-corrected chi connectivity index (χ0v) is 12.6. The van der Waals surface area contributed by atoms with E-state index in [1.165, 1.54) is 6.42 Å². The Morgan fingerprint density at radius 1 is 1.14 bits per heavy atom. The number of carbonyl (C=O) groups is 1. The van der Waals surface area contributed by atoms with E-state index in [9.17, 15) is 4.79 Å². The molecule has 2 aliphatic heterocycles. The van der Waals surface area contributed by atoms with E-state index >= 15 is 0 Å². The minimum absolute atomic E-state index is 0.0424. The Hall–Kier alpha value is -2.04. The fraction of sp³-hybridized carbons (Fsp3) is 0.500. The van der Waals surface area contributed by atoms with Crippen LogP contribution in [0.15, 0.2) is 29.3 Å². The van der Waals surface area contributed by atoms with E-state index in [1.807, 2.05) is 31.2 Å². The summed E-state index contributed by atoms with van der Waals surface area (Å²) in [5.74, 6) is 1.63. The number of piperidine rings is 1. The average Bonchev–Trinajstić information content (AvgIpc) is 2.84. The molecule has 0 spiro atoms. The van der Waals surface area contributed by atoms with Crippen molar-refractivity contribution < 1.29 is 9.53 Å². The van der Waals surface area contributed by atoms with Crippen LogP contribution in [-0.4, -0.2) is 43.0 Å². The first-order chi connectivity index (χ1) is 10.2. The van der Waals surface area contributed by atoms with Crippen molar-refractivity contribution in [3.63, 3.8) is 0 Å². The maximum Gasteiger partial charge on any atom is 0.258 e. The summed E-state index contributed by atoms with van der Waals surface area (Å²) in [5, 5.41) is 0. The second kappa shape index (κ2) is 5.76. The molecule has 3 rings (SSSR count). The molecule has 5 nitrogen and oxygen atoms in total. The van der Waals surface area contributed by atoms with Crippen molar-refractivity contribution in [3.8, 4) is 5.75 Å². The summed E-state index contributed by atoms with van der Waals surface area (Å²) >= 11 is 0. The molecule has 5 heteroatoms. The number of hydrogen-bond acceptors (Lipinski definition) is 4. The third kappa shape index (κ3) is 2.60. The van der Waals surface area contributed by atoms with Crippen molar-refractivity contribution >= 4 is 17.6 Å². The Balaban J connectivity index is 1.89. The number of aliphatic imine (C=N–C) groups is 1. The quantitative estimate of drug-likeness (QED) is 0.838. The van der Waals surface area contributed by atoms with Gasteiger partial charge in [-0.1, -0.05) is 0 Å². The van der Waals surface area contributed by atoms with Gasteiger partial charge in [0, 0.05) is 13.1 Å². The zero-order chi connectivity index (χ0) is 14.8. The highest BCUT2D eigenvalue weighted by Crippen LogP contribution is 2.26. The number of methoxy groups -OCH3 is 1. The molecular weight excluding hydrogens is 266 g/mol. The van der Waals surface area contributed by atoms with Gasteiger partial charge < -0.3 is 9.64 Å². The van der Waals surface area contributed by atoms with E-state index in [0.717, 1.165) is 43.3 Å². The van der Waals surface area contributed by atoms with Gasteiger partial charge >= 0.3 is 0 Å². The Bertz CT molecular complexity index is 547. The lowest BCUT2D eigenvalue weighted by Gasteiger charge is -2.32. The number of rotatable bonds is 2. The molecule has 2 aliphatic rings. The van der Waals surface area contributed by atoms with Gasteiger partial charge in [0.2, 0.25) is 5.96 Å². The van der Waals surface area contributed by atoms with Crippen molar-refractivity contribution in [2.45, 2.75) is 32.2 Å². The molecule has 0 saturated carbocycles. The lowest BCUT2D eigenvalue weighted by molar-refractivity contribution is -0.117. The Morgan fingerprint density at radius 3 is 2.43 bits per heavy atom. The minimum Gasteiger partial charge on any atom is -0.497 e. The number of amides is 1. The fourth-order valence-electron chi connectivity index (χ4n) is 2.86. The van der Waals surface area contributed by atoms with Crippen LogP contribution in [0.4, 0.5) is 5.69 Å². The van der Waals surface area contributed by atoms with Gasteiger partial charge in [-0.2, -0.15) is 0 Å². The molecule has 112 valence electrons. The Kier molecular flexibility index (Phi) is 3.82. The van der Waals surface area contributed by atoms with E-state index in [0.29, 0.717) is 0 Å². The fourth-order valence-corrected chi connectivity index (χ4v) is 2.86. The molecule has 0 aliphatic carbocycles. The molecule has 1 fully saturated rings. The van der Waals surface area contributed by atoms with Crippen molar-refractivity contribution in [2.24, 2.45) is 4.99 Å². The molecule has 0 radical (unpaired) electrons. The van der Waals surface area contributed by atoms with Gasteiger partial charge in [-0.25, -0.2) is 9.89 Å². The van der Waals surface area contributed by atoms with Crippen molar-refractivity contribution in [3.05, 3.63) is 24.3 Å². The van der Waals surface area contributed by atoms with Crippen LogP contribution in [0, 0.1) is 0 Å². The maximum atomic E-state index is 12.5. The second-order valence-corrected chi connectivity index (χ2v) is 5.52. The normalized spacial score (nSPS) is 22.5. The molecule has 1 atom stereocenters. The standard InChI is InChI=1S/C16H21N3O2/c1-12-15(20)19(13-6-8-14(21-2)9-7-13)16(17-12)18-10-4-3-5-11-18/h6-9,12H,3-5,10-11H2,1-2H3. The predicted octanol–water partition coefficient (Wildman–Crippen LogP) is 2.27. The number of benzene rings is 1. The number of carbonyl (C=O) groups excluding carboxylic acids is 1. The first-order valence-corrected chi connectivity index (χ1v) is 7.51. The third-order valence-electron chi connectivity index (χ3n) is 4.06. The van der Waals surface area contributed by atoms with E-state index in [4.69, 9.17) is 4.74 Å². The van der Waals surface area contributed by atoms with Crippen LogP contribution in [0.25, 0.3) is 0 Å². The van der Waals surface area contributed by atoms with Gasteiger partial charge in [-0.3, -0.25) is 4.79 Å². The van der Waals surface area contributed by atoms with Crippen LogP contribution >= 0.6 is 0 Å². The summed E-state index contributed by atoms with van der Waals surface area (Å²) < 4.78 is 5.18. The molecule has 1 unspecified atom stereocenters. The summed E-state index contributed by atoms with van der Waals surface area (Å²) in [6, 6.07) is 7.27. The smallest absolute Gasteiger partial charge is 0.258 e. The van der Waals surface area contributed by atoms with Gasteiger partial charge in [-0.05, 0) is 50.5 Å².